The van der Waals surface area contributed by atoms with Crippen molar-refractivity contribution in [1.29, 1.82) is 0 Å². The number of nitrogens with one attached hydrogen (secondary N) is 1. The maximum Gasteiger partial charge on any atom is 0.433 e. The zero-order valence-electron chi connectivity index (χ0n) is 18.2. The number of carbonyl (C=O) groups is 1. The maximum atomic E-state index is 12.9. The molecule has 1 N–H and O–H groups in total. The van der Waals surface area contributed by atoms with Crippen molar-refractivity contribution in [2.75, 3.05) is 18.0 Å². The molecule has 170 valence electrons. The molecule has 1 saturated heterocycles. The highest BCUT2D eigenvalue weighted by Gasteiger charge is 2.34. The largest absolute Gasteiger partial charge is 0.489 e. The van der Waals surface area contributed by atoms with Crippen molar-refractivity contribution >= 4 is 11.7 Å². The van der Waals surface area contributed by atoms with Gasteiger partial charge in [0.2, 0.25) is 5.91 Å². The van der Waals surface area contributed by atoms with Gasteiger partial charge in [-0.25, -0.2) is 4.98 Å². The number of amides is 1. The second-order valence-corrected chi connectivity index (χ2v) is 8.75. The van der Waals surface area contributed by atoms with Crippen LogP contribution in [0.25, 0.3) is 0 Å². The molecule has 5 nitrogen and oxygen atoms in total. The first-order valence-corrected chi connectivity index (χ1v) is 10.3. The zero-order valence-corrected chi connectivity index (χ0v) is 18.2. The minimum Gasteiger partial charge on any atom is -0.489 e. The molecule has 1 aliphatic rings. The van der Waals surface area contributed by atoms with Gasteiger partial charge < -0.3 is 15.0 Å². The highest BCUT2D eigenvalue weighted by Crippen LogP contribution is 2.30. The highest BCUT2D eigenvalue weighted by molar-refractivity contribution is 5.82. The van der Waals surface area contributed by atoms with Crippen LogP contribution < -0.4 is 15.0 Å². The molecule has 1 aromatic carbocycles. The van der Waals surface area contributed by atoms with Gasteiger partial charge in [-0.05, 0) is 29.8 Å². The van der Waals surface area contributed by atoms with E-state index in [2.05, 4.69) is 16.2 Å². The van der Waals surface area contributed by atoms with Gasteiger partial charge in [0, 0.05) is 18.4 Å². The van der Waals surface area contributed by atoms with E-state index in [-0.39, 0.29) is 17.8 Å². The van der Waals surface area contributed by atoms with Crippen molar-refractivity contribution in [3.8, 4) is 18.1 Å². The first kappa shape index (κ1) is 23.5. The van der Waals surface area contributed by atoms with Crippen molar-refractivity contribution < 1.29 is 22.7 Å². The van der Waals surface area contributed by atoms with Gasteiger partial charge >= 0.3 is 6.18 Å². The molecule has 8 heteroatoms. The van der Waals surface area contributed by atoms with E-state index in [0.29, 0.717) is 25.3 Å². The number of aromatic nitrogens is 1. The van der Waals surface area contributed by atoms with Crippen LogP contribution in [0.5, 0.6) is 5.75 Å². The smallest absolute Gasteiger partial charge is 0.433 e. The lowest BCUT2D eigenvalue weighted by molar-refractivity contribution is -0.141. The molecule has 0 bridgehead atoms. The summed E-state index contributed by atoms with van der Waals surface area (Å²) in [5, 5.41) is 2.85. The van der Waals surface area contributed by atoms with Crippen molar-refractivity contribution in [3.05, 3.63) is 53.7 Å². The minimum atomic E-state index is -4.48. The summed E-state index contributed by atoms with van der Waals surface area (Å²) in [5.74, 6) is 3.35. The fourth-order valence-corrected chi connectivity index (χ4v) is 3.29. The maximum absolute atomic E-state index is 12.9. The number of alkyl halides is 3. The number of anilines is 1. The van der Waals surface area contributed by atoms with E-state index in [1.165, 1.54) is 6.07 Å². The predicted octanol–water partition coefficient (Wildman–Crippen LogP) is 4.59. The second-order valence-electron chi connectivity index (χ2n) is 8.75. The quantitative estimate of drug-likeness (QED) is 0.684. The first-order chi connectivity index (χ1) is 15.0. The lowest BCUT2D eigenvalue weighted by atomic mass is 9.94. The van der Waals surface area contributed by atoms with Crippen molar-refractivity contribution in [1.82, 2.24) is 10.3 Å². The van der Waals surface area contributed by atoms with Crippen LogP contribution in [0, 0.1) is 17.8 Å². The molecule has 1 aromatic heterocycles. The molecule has 0 radical (unpaired) electrons. The molecular weight excluding hydrogens is 419 g/mol. The van der Waals surface area contributed by atoms with Crippen molar-refractivity contribution in [2.45, 2.75) is 45.5 Å². The molecule has 32 heavy (non-hydrogen) atoms. The summed E-state index contributed by atoms with van der Waals surface area (Å²) in [6.45, 7) is 6.42. The number of hydrogen-bond donors (Lipinski definition) is 1. The standard InChI is InChI=1S/C24H26F3N3O2/c1-5-19(28-22(31)23(2,3)4)16-9-11-17(12-10-16)32-18-13-14-30(15-18)21-8-6-7-20(29-21)24(25,26)27/h1,6-12,18-19H,13-15H2,2-4H3,(H,28,31)/t18-,19?/m1/s1. The molecular formula is C24H26F3N3O2. The van der Waals surface area contributed by atoms with Gasteiger partial charge in [0.05, 0.1) is 6.54 Å². The number of halogens is 3. The summed E-state index contributed by atoms with van der Waals surface area (Å²) < 4.78 is 44.8. The van der Waals surface area contributed by atoms with Gasteiger partial charge in [0.25, 0.3) is 0 Å². The van der Waals surface area contributed by atoms with Gasteiger partial charge in [0.15, 0.2) is 0 Å². The molecule has 0 spiro atoms. The Morgan fingerprint density at radius 1 is 1.22 bits per heavy atom. The van der Waals surface area contributed by atoms with Gasteiger partial charge in [-0.3, -0.25) is 4.79 Å². The van der Waals surface area contributed by atoms with Crippen LogP contribution in [-0.2, 0) is 11.0 Å². The normalized spacial score (nSPS) is 17.5. The number of hydrogen-bond acceptors (Lipinski definition) is 4. The Hall–Kier alpha value is -3.21. The molecule has 1 fully saturated rings. The predicted molar refractivity (Wildman–Crippen MR) is 116 cm³/mol. The Bertz CT molecular complexity index is 991. The summed E-state index contributed by atoms with van der Waals surface area (Å²) in [6.07, 6.45) is 1.60. The molecule has 1 aliphatic heterocycles. The Kier molecular flexibility index (Phi) is 6.68. The number of terminal acetylenes is 1. The van der Waals surface area contributed by atoms with Crippen LogP contribution in [0.3, 0.4) is 0 Å². The number of nitrogens with zero attached hydrogens (tertiary/aromatic N) is 2. The van der Waals surface area contributed by atoms with Crippen molar-refractivity contribution in [3.63, 3.8) is 0 Å². The van der Waals surface area contributed by atoms with E-state index in [1.54, 1.807) is 35.2 Å². The SMILES string of the molecule is C#CC(NC(=O)C(C)(C)C)c1ccc(O[C@@H]2CCN(c3cccc(C(F)(F)F)n3)C2)cc1. The number of benzene rings is 1. The summed E-state index contributed by atoms with van der Waals surface area (Å²) >= 11 is 0. The number of rotatable bonds is 5. The minimum absolute atomic E-state index is 0.143. The van der Waals surface area contributed by atoms with Crippen LogP contribution >= 0.6 is 0 Å². The fourth-order valence-electron chi connectivity index (χ4n) is 3.29. The molecule has 1 amide bonds. The van der Waals surface area contributed by atoms with Crippen LogP contribution in [0.15, 0.2) is 42.5 Å². The average molecular weight is 445 g/mol. The number of pyridine rings is 1. The van der Waals surface area contributed by atoms with Crippen LogP contribution in [-0.4, -0.2) is 30.1 Å². The van der Waals surface area contributed by atoms with Gasteiger partial charge in [-0.1, -0.05) is 44.9 Å². The second kappa shape index (κ2) is 9.11. The lowest BCUT2D eigenvalue weighted by Gasteiger charge is -2.22. The number of ether oxygens (including phenoxy) is 1. The summed E-state index contributed by atoms with van der Waals surface area (Å²) in [5.41, 5.74) is -0.698. The number of carbonyl (C=O) groups excluding carboxylic acids is 1. The average Bonchev–Trinajstić information content (AvgIpc) is 3.20. The third-order valence-electron chi connectivity index (χ3n) is 5.13. The molecule has 2 heterocycles. The van der Waals surface area contributed by atoms with E-state index in [4.69, 9.17) is 11.2 Å². The van der Waals surface area contributed by atoms with E-state index in [0.717, 1.165) is 11.6 Å². The van der Waals surface area contributed by atoms with Gasteiger partial charge in [-0.15, -0.1) is 6.42 Å². The Morgan fingerprint density at radius 2 is 1.91 bits per heavy atom. The van der Waals surface area contributed by atoms with Gasteiger partial charge in [0.1, 0.15) is 29.4 Å². The third-order valence-corrected chi connectivity index (χ3v) is 5.13. The van der Waals surface area contributed by atoms with Crippen molar-refractivity contribution in [2.24, 2.45) is 5.41 Å². The summed E-state index contributed by atoms with van der Waals surface area (Å²) in [7, 11) is 0. The molecule has 0 aliphatic carbocycles. The molecule has 3 rings (SSSR count). The monoisotopic (exact) mass is 445 g/mol. The Balaban J connectivity index is 1.61. The molecule has 1 unspecified atom stereocenters. The highest BCUT2D eigenvalue weighted by atomic mass is 19.4. The van der Waals surface area contributed by atoms with E-state index in [9.17, 15) is 18.0 Å². The van der Waals surface area contributed by atoms with E-state index >= 15 is 0 Å². The summed E-state index contributed by atoms with van der Waals surface area (Å²) in [4.78, 5) is 17.7. The lowest BCUT2D eigenvalue weighted by Crippen LogP contribution is -2.36. The molecule has 2 atom stereocenters. The topological polar surface area (TPSA) is 54.5 Å². The van der Waals surface area contributed by atoms with Crippen LogP contribution in [0.1, 0.15) is 44.5 Å². The fraction of sp³-hybridized carbons (Fsp3) is 0.417. The molecule has 0 saturated carbocycles. The van der Waals surface area contributed by atoms with E-state index in [1.807, 2.05) is 20.8 Å². The Morgan fingerprint density at radius 3 is 2.50 bits per heavy atom. The molecule has 2 aromatic rings. The first-order valence-electron chi connectivity index (χ1n) is 10.3. The van der Waals surface area contributed by atoms with E-state index < -0.39 is 23.3 Å². The summed E-state index contributed by atoms with van der Waals surface area (Å²) in [6, 6.07) is 10.5. The van der Waals surface area contributed by atoms with Crippen LogP contribution in [0.4, 0.5) is 19.0 Å². The van der Waals surface area contributed by atoms with Gasteiger partial charge in [-0.2, -0.15) is 13.2 Å². The third kappa shape index (κ3) is 5.72. The Labute approximate surface area is 186 Å². The van der Waals surface area contributed by atoms with Crippen LogP contribution in [0.2, 0.25) is 0 Å². The zero-order chi connectivity index (χ0) is 23.5.